The van der Waals surface area contributed by atoms with Crippen LogP contribution in [-0.2, 0) is 4.79 Å². The van der Waals surface area contributed by atoms with Crippen molar-refractivity contribution in [2.45, 2.75) is 11.3 Å². The fourth-order valence-corrected chi connectivity index (χ4v) is 2.86. The molecule has 24 heavy (non-hydrogen) atoms. The molecule has 0 spiro atoms. The molecule has 2 aromatic rings. The van der Waals surface area contributed by atoms with Crippen LogP contribution in [0.25, 0.3) is 0 Å². The van der Waals surface area contributed by atoms with Gasteiger partial charge in [0.05, 0.1) is 0 Å². The van der Waals surface area contributed by atoms with Crippen molar-refractivity contribution in [1.29, 1.82) is 0 Å². The third kappa shape index (κ3) is 5.38. The highest BCUT2D eigenvalue weighted by Crippen LogP contribution is 2.19. The topological polar surface area (TPSA) is 49.4 Å². The van der Waals surface area contributed by atoms with Crippen molar-refractivity contribution in [1.82, 2.24) is 4.90 Å². The molecule has 0 saturated carbocycles. The van der Waals surface area contributed by atoms with Gasteiger partial charge in [-0.3, -0.25) is 9.59 Å². The van der Waals surface area contributed by atoms with Crippen LogP contribution in [-0.4, -0.2) is 36.6 Å². The summed E-state index contributed by atoms with van der Waals surface area (Å²) in [5, 5.41) is 2.79. The minimum absolute atomic E-state index is 0.113. The second-order valence-electron chi connectivity index (χ2n) is 5.38. The summed E-state index contributed by atoms with van der Waals surface area (Å²) in [6.45, 7) is 0. The Bertz CT molecular complexity index is 717. The minimum atomic E-state index is -0.274. The number of amides is 2. The van der Waals surface area contributed by atoms with E-state index in [-0.39, 0.29) is 17.6 Å². The number of carbonyl (C=O) groups excluding carboxylic acids is 2. The van der Waals surface area contributed by atoms with E-state index in [9.17, 15) is 14.0 Å². The van der Waals surface area contributed by atoms with Gasteiger partial charge in [0.25, 0.3) is 5.91 Å². The number of anilines is 1. The molecule has 126 valence electrons. The number of nitrogens with zero attached hydrogens (tertiary/aromatic N) is 1. The monoisotopic (exact) mass is 346 g/mol. The van der Waals surface area contributed by atoms with E-state index >= 15 is 0 Å². The van der Waals surface area contributed by atoms with Crippen LogP contribution in [0.1, 0.15) is 16.8 Å². The Kier molecular flexibility index (Phi) is 6.37. The van der Waals surface area contributed by atoms with Crippen LogP contribution in [0.2, 0.25) is 0 Å². The van der Waals surface area contributed by atoms with Gasteiger partial charge in [-0.25, -0.2) is 4.39 Å². The van der Waals surface area contributed by atoms with Crippen molar-refractivity contribution >= 4 is 29.3 Å². The first kappa shape index (κ1) is 18.0. The van der Waals surface area contributed by atoms with Crippen molar-refractivity contribution in [3.05, 3.63) is 59.9 Å². The van der Waals surface area contributed by atoms with Crippen LogP contribution in [0, 0.1) is 5.82 Å². The van der Waals surface area contributed by atoms with Gasteiger partial charge in [0, 0.05) is 42.4 Å². The van der Waals surface area contributed by atoms with Gasteiger partial charge in [-0.1, -0.05) is 6.07 Å². The molecule has 0 aliphatic heterocycles. The number of thioether (sulfide) groups is 1. The van der Waals surface area contributed by atoms with Gasteiger partial charge in [-0.2, -0.15) is 0 Å². The van der Waals surface area contributed by atoms with E-state index in [2.05, 4.69) is 5.32 Å². The van der Waals surface area contributed by atoms with Crippen LogP contribution in [0.4, 0.5) is 10.1 Å². The smallest absolute Gasteiger partial charge is 0.253 e. The second-order valence-corrected chi connectivity index (χ2v) is 6.55. The molecule has 2 amide bonds. The first-order valence-corrected chi connectivity index (χ1v) is 8.44. The number of carbonyl (C=O) groups is 2. The van der Waals surface area contributed by atoms with Crippen LogP contribution in [0.3, 0.4) is 0 Å². The molecule has 2 rings (SSSR count). The first-order chi connectivity index (χ1) is 11.5. The lowest BCUT2D eigenvalue weighted by atomic mass is 10.2. The zero-order chi connectivity index (χ0) is 17.5. The predicted molar refractivity (Wildman–Crippen MR) is 94.8 cm³/mol. The van der Waals surface area contributed by atoms with Crippen molar-refractivity contribution < 1.29 is 14.0 Å². The lowest BCUT2D eigenvalue weighted by molar-refractivity contribution is -0.115. The van der Waals surface area contributed by atoms with Gasteiger partial charge in [-0.15, -0.1) is 11.8 Å². The predicted octanol–water partition coefficient (Wildman–Crippen LogP) is 3.65. The van der Waals surface area contributed by atoms with Gasteiger partial charge < -0.3 is 10.2 Å². The summed E-state index contributed by atoms with van der Waals surface area (Å²) in [6.07, 6.45) is 0.327. The van der Waals surface area contributed by atoms with E-state index in [4.69, 9.17) is 0 Å². The molecule has 0 heterocycles. The van der Waals surface area contributed by atoms with Crippen molar-refractivity contribution in [3.63, 3.8) is 0 Å². The molecule has 0 atom stereocenters. The van der Waals surface area contributed by atoms with Gasteiger partial charge in [0.15, 0.2) is 0 Å². The Morgan fingerprint density at radius 2 is 1.83 bits per heavy atom. The third-order valence-corrected chi connectivity index (χ3v) is 4.22. The standard InChI is InChI=1S/C18H19FN2O2S/c1-21(2)18(23)13-4-3-5-15(12-13)20-17(22)10-11-24-16-8-6-14(19)7-9-16/h3-9,12H,10-11H2,1-2H3,(H,20,22). The summed E-state index contributed by atoms with van der Waals surface area (Å²) in [6, 6.07) is 13.0. The molecule has 0 bridgehead atoms. The number of rotatable bonds is 6. The van der Waals surface area contributed by atoms with Crippen LogP contribution in [0.15, 0.2) is 53.4 Å². The van der Waals surface area contributed by atoms with Crippen molar-refractivity contribution in [2.24, 2.45) is 0 Å². The quantitative estimate of drug-likeness (QED) is 0.812. The molecule has 0 aliphatic carbocycles. The lowest BCUT2D eigenvalue weighted by Gasteiger charge is -2.11. The summed E-state index contributed by atoms with van der Waals surface area (Å²) in [5.74, 6) is 0.0783. The summed E-state index contributed by atoms with van der Waals surface area (Å²) in [4.78, 5) is 26.3. The van der Waals surface area contributed by atoms with Crippen LogP contribution < -0.4 is 5.32 Å². The molecule has 6 heteroatoms. The summed E-state index contributed by atoms with van der Waals surface area (Å²) in [7, 11) is 3.36. The highest BCUT2D eigenvalue weighted by molar-refractivity contribution is 7.99. The Morgan fingerprint density at radius 3 is 2.50 bits per heavy atom. The molecule has 0 saturated heterocycles. The molecule has 0 unspecified atom stereocenters. The Balaban J connectivity index is 1.85. The summed E-state index contributed by atoms with van der Waals surface area (Å²) < 4.78 is 12.8. The molecular weight excluding hydrogens is 327 g/mol. The number of hydrogen-bond acceptors (Lipinski definition) is 3. The molecule has 4 nitrogen and oxygen atoms in total. The number of hydrogen-bond donors (Lipinski definition) is 1. The van der Waals surface area contributed by atoms with E-state index in [1.54, 1.807) is 50.5 Å². The van der Waals surface area contributed by atoms with E-state index in [0.29, 0.717) is 23.4 Å². The molecule has 0 aliphatic rings. The van der Waals surface area contributed by atoms with Crippen molar-refractivity contribution in [2.75, 3.05) is 25.2 Å². The average molecular weight is 346 g/mol. The Morgan fingerprint density at radius 1 is 1.12 bits per heavy atom. The minimum Gasteiger partial charge on any atom is -0.345 e. The highest BCUT2D eigenvalue weighted by atomic mass is 32.2. The maximum Gasteiger partial charge on any atom is 0.253 e. The van der Waals surface area contributed by atoms with Crippen LogP contribution >= 0.6 is 11.8 Å². The largest absolute Gasteiger partial charge is 0.345 e. The van der Waals surface area contributed by atoms with Gasteiger partial charge in [-0.05, 0) is 42.5 Å². The molecule has 0 aromatic heterocycles. The molecular formula is C18H19FN2O2S. The Hall–Kier alpha value is -2.34. The fraction of sp³-hybridized carbons (Fsp3) is 0.222. The molecule has 2 aromatic carbocycles. The van der Waals surface area contributed by atoms with E-state index in [1.807, 2.05) is 0 Å². The zero-order valence-electron chi connectivity index (χ0n) is 13.6. The van der Waals surface area contributed by atoms with E-state index in [1.165, 1.54) is 28.8 Å². The highest BCUT2D eigenvalue weighted by Gasteiger charge is 2.09. The van der Waals surface area contributed by atoms with E-state index < -0.39 is 0 Å². The normalized spacial score (nSPS) is 10.3. The maximum absolute atomic E-state index is 12.8. The molecule has 1 N–H and O–H groups in total. The Labute approximate surface area is 145 Å². The number of halogens is 1. The van der Waals surface area contributed by atoms with Crippen LogP contribution in [0.5, 0.6) is 0 Å². The van der Waals surface area contributed by atoms with Gasteiger partial charge in [0.2, 0.25) is 5.91 Å². The molecule has 0 fully saturated rings. The second kappa shape index (κ2) is 8.49. The number of nitrogens with one attached hydrogen (secondary N) is 1. The SMILES string of the molecule is CN(C)C(=O)c1cccc(NC(=O)CCSc2ccc(F)cc2)c1. The summed E-state index contributed by atoms with van der Waals surface area (Å²) in [5.41, 5.74) is 1.12. The van der Waals surface area contributed by atoms with Crippen molar-refractivity contribution in [3.8, 4) is 0 Å². The van der Waals surface area contributed by atoms with Gasteiger partial charge in [0.1, 0.15) is 5.82 Å². The number of benzene rings is 2. The fourth-order valence-electron chi connectivity index (χ4n) is 2.00. The third-order valence-electron chi connectivity index (χ3n) is 3.21. The lowest BCUT2D eigenvalue weighted by Crippen LogP contribution is -2.22. The average Bonchev–Trinajstić information content (AvgIpc) is 2.56. The summed E-state index contributed by atoms with van der Waals surface area (Å²) >= 11 is 1.49. The zero-order valence-corrected chi connectivity index (χ0v) is 14.4. The first-order valence-electron chi connectivity index (χ1n) is 7.45. The molecule has 0 radical (unpaired) electrons. The van der Waals surface area contributed by atoms with Gasteiger partial charge >= 0.3 is 0 Å². The maximum atomic E-state index is 12.8. The van der Waals surface area contributed by atoms with E-state index in [0.717, 1.165) is 4.90 Å².